The summed E-state index contributed by atoms with van der Waals surface area (Å²) in [5.74, 6) is 0. The third-order valence-corrected chi connectivity index (χ3v) is 5.30. The van der Waals surface area contributed by atoms with E-state index in [1.807, 2.05) is 11.3 Å². The van der Waals surface area contributed by atoms with Crippen molar-refractivity contribution < 1.29 is 0 Å². The van der Waals surface area contributed by atoms with Crippen molar-refractivity contribution in [2.45, 2.75) is 64.5 Å². The van der Waals surface area contributed by atoms with E-state index >= 15 is 0 Å². The molecule has 0 bridgehead atoms. The van der Waals surface area contributed by atoms with E-state index in [0.717, 1.165) is 13.0 Å². The predicted octanol–water partition coefficient (Wildman–Crippen LogP) is 4.50. The molecule has 2 heterocycles. The molecule has 0 aromatic carbocycles. The fourth-order valence-electron chi connectivity index (χ4n) is 3.24. The number of halogens is 2. The van der Waals surface area contributed by atoms with Crippen molar-refractivity contribution in [3.05, 3.63) is 10.6 Å². The Morgan fingerprint density at radius 1 is 1.24 bits per heavy atom. The van der Waals surface area contributed by atoms with Gasteiger partial charge in [-0.1, -0.05) is 26.2 Å². The second kappa shape index (κ2) is 9.19. The molecule has 0 unspecified atom stereocenters. The van der Waals surface area contributed by atoms with Crippen molar-refractivity contribution in [1.29, 1.82) is 0 Å². The van der Waals surface area contributed by atoms with Crippen LogP contribution in [0.2, 0.25) is 0 Å². The van der Waals surface area contributed by atoms with Crippen molar-refractivity contribution in [2.24, 2.45) is 0 Å². The normalized spacial score (nSPS) is 19.3. The average molecular weight is 352 g/mol. The number of fused-ring (bicyclic) bond motifs is 1. The summed E-state index contributed by atoms with van der Waals surface area (Å²) in [6.07, 6.45) is 9.22. The van der Waals surface area contributed by atoms with Crippen molar-refractivity contribution >= 4 is 41.3 Å². The molecule has 0 spiro atoms. The van der Waals surface area contributed by atoms with Crippen LogP contribution in [0.1, 0.15) is 56.0 Å². The van der Waals surface area contributed by atoms with Gasteiger partial charge in [-0.25, -0.2) is 4.98 Å². The lowest BCUT2D eigenvalue weighted by atomic mass is 9.96. The highest BCUT2D eigenvalue weighted by Crippen LogP contribution is 2.30. The topological polar surface area (TPSA) is 28.2 Å². The maximum atomic E-state index is 4.82. The van der Waals surface area contributed by atoms with Crippen LogP contribution in [0.3, 0.4) is 0 Å². The molecule has 1 aliphatic carbocycles. The quantitative estimate of drug-likeness (QED) is 0.865. The number of nitrogens with zero attached hydrogens (tertiary/aromatic N) is 2. The van der Waals surface area contributed by atoms with Gasteiger partial charge in [0.25, 0.3) is 0 Å². The van der Waals surface area contributed by atoms with Crippen LogP contribution in [0, 0.1) is 0 Å². The molecule has 0 saturated heterocycles. The fraction of sp³-hybridized carbons (Fsp3) is 0.800. The highest BCUT2D eigenvalue weighted by molar-refractivity contribution is 7.15. The molecule has 122 valence electrons. The molecule has 1 N–H and O–H groups in total. The maximum absolute atomic E-state index is 4.82. The van der Waals surface area contributed by atoms with Crippen LogP contribution in [0.5, 0.6) is 0 Å². The standard InChI is InChI=1S/C15H25N3S.2ClH/c1-2-9-18-10-8-13-14(11-18)19-15(17-13)16-12-6-4-3-5-7-12;;/h12H,2-11H2,1H3,(H,16,17);2*1H. The van der Waals surface area contributed by atoms with E-state index < -0.39 is 0 Å². The number of nitrogens with one attached hydrogen (secondary N) is 1. The SMILES string of the molecule is CCCN1CCc2nc(NC3CCCCC3)sc2C1.Cl.Cl. The Morgan fingerprint density at radius 2 is 2.00 bits per heavy atom. The van der Waals surface area contributed by atoms with Gasteiger partial charge in [0.1, 0.15) is 0 Å². The summed E-state index contributed by atoms with van der Waals surface area (Å²) in [5.41, 5.74) is 1.36. The lowest BCUT2D eigenvalue weighted by Gasteiger charge is -2.24. The van der Waals surface area contributed by atoms with Gasteiger partial charge in [-0.3, -0.25) is 4.90 Å². The zero-order chi connectivity index (χ0) is 13.1. The number of anilines is 1. The first-order valence-corrected chi connectivity index (χ1v) is 8.64. The average Bonchev–Trinajstić information content (AvgIpc) is 2.82. The van der Waals surface area contributed by atoms with Crippen molar-refractivity contribution in [3.63, 3.8) is 0 Å². The Balaban J connectivity index is 0.00000110. The summed E-state index contributed by atoms with van der Waals surface area (Å²) in [7, 11) is 0. The molecule has 0 atom stereocenters. The summed E-state index contributed by atoms with van der Waals surface area (Å²) >= 11 is 1.89. The van der Waals surface area contributed by atoms with Crippen LogP contribution in [0.25, 0.3) is 0 Å². The van der Waals surface area contributed by atoms with Gasteiger partial charge < -0.3 is 5.32 Å². The molecule has 3 rings (SSSR count). The van der Waals surface area contributed by atoms with Gasteiger partial charge in [0, 0.05) is 30.4 Å². The molecule has 1 saturated carbocycles. The molecule has 3 nitrogen and oxygen atoms in total. The lowest BCUT2D eigenvalue weighted by Crippen LogP contribution is -2.30. The largest absolute Gasteiger partial charge is 0.359 e. The molecule has 21 heavy (non-hydrogen) atoms. The van der Waals surface area contributed by atoms with Gasteiger partial charge in [0.15, 0.2) is 5.13 Å². The van der Waals surface area contributed by atoms with E-state index in [9.17, 15) is 0 Å². The lowest BCUT2D eigenvalue weighted by molar-refractivity contribution is 0.256. The summed E-state index contributed by atoms with van der Waals surface area (Å²) in [5, 5.41) is 4.85. The molecule has 0 radical (unpaired) electrons. The Kier molecular flexibility index (Phi) is 8.32. The third-order valence-electron chi connectivity index (χ3n) is 4.28. The molecular weight excluding hydrogens is 325 g/mol. The Bertz CT molecular complexity index is 419. The number of thiazole rings is 1. The highest BCUT2D eigenvalue weighted by atomic mass is 35.5. The van der Waals surface area contributed by atoms with E-state index in [1.54, 1.807) is 0 Å². The van der Waals surface area contributed by atoms with Crippen LogP contribution < -0.4 is 5.32 Å². The number of aromatic nitrogens is 1. The fourth-order valence-corrected chi connectivity index (χ4v) is 4.37. The van der Waals surface area contributed by atoms with Crippen LogP contribution in [0.4, 0.5) is 5.13 Å². The summed E-state index contributed by atoms with van der Waals surface area (Å²) < 4.78 is 0. The minimum absolute atomic E-state index is 0. The molecule has 0 amide bonds. The second-order valence-corrected chi connectivity index (χ2v) is 6.98. The number of hydrogen-bond donors (Lipinski definition) is 1. The molecule has 1 aromatic rings. The smallest absolute Gasteiger partial charge is 0.183 e. The monoisotopic (exact) mass is 351 g/mol. The van der Waals surface area contributed by atoms with Crippen molar-refractivity contribution in [1.82, 2.24) is 9.88 Å². The van der Waals surface area contributed by atoms with Crippen LogP contribution >= 0.6 is 36.2 Å². The Hall–Kier alpha value is -0.0300. The second-order valence-electron chi connectivity index (χ2n) is 5.89. The highest BCUT2D eigenvalue weighted by Gasteiger charge is 2.21. The third kappa shape index (κ3) is 4.98. The van der Waals surface area contributed by atoms with E-state index in [4.69, 9.17) is 4.98 Å². The molecule has 2 aliphatic rings. The van der Waals surface area contributed by atoms with E-state index in [1.165, 1.54) is 67.3 Å². The van der Waals surface area contributed by atoms with Crippen LogP contribution in [0.15, 0.2) is 0 Å². The van der Waals surface area contributed by atoms with E-state index in [2.05, 4.69) is 17.1 Å². The van der Waals surface area contributed by atoms with E-state index in [-0.39, 0.29) is 24.8 Å². The molecule has 1 aliphatic heterocycles. The zero-order valence-electron chi connectivity index (χ0n) is 12.8. The minimum Gasteiger partial charge on any atom is -0.359 e. The number of rotatable bonds is 4. The van der Waals surface area contributed by atoms with Crippen molar-refractivity contribution in [2.75, 3.05) is 18.4 Å². The molecule has 1 aromatic heterocycles. The maximum Gasteiger partial charge on any atom is 0.183 e. The Labute approximate surface area is 144 Å². The summed E-state index contributed by atoms with van der Waals surface area (Å²) in [6.45, 7) is 5.79. The minimum atomic E-state index is 0. The van der Waals surface area contributed by atoms with Gasteiger partial charge >= 0.3 is 0 Å². The van der Waals surface area contributed by atoms with Gasteiger partial charge in [-0.15, -0.1) is 36.2 Å². The first-order valence-electron chi connectivity index (χ1n) is 7.82. The summed E-state index contributed by atoms with van der Waals surface area (Å²) in [6, 6.07) is 0.674. The molecular formula is C15H27Cl2N3S. The van der Waals surface area contributed by atoms with Crippen LogP contribution in [-0.4, -0.2) is 29.0 Å². The van der Waals surface area contributed by atoms with Gasteiger partial charge in [-0.05, 0) is 25.8 Å². The first-order chi connectivity index (χ1) is 9.35. The number of hydrogen-bond acceptors (Lipinski definition) is 4. The van der Waals surface area contributed by atoms with Crippen molar-refractivity contribution in [3.8, 4) is 0 Å². The zero-order valence-corrected chi connectivity index (χ0v) is 15.2. The van der Waals surface area contributed by atoms with E-state index in [0.29, 0.717) is 6.04 Å². The first kappa shape index (κ1) is 19.0. The Morgan fingerprint density at radius 3 is 2.71 bits per heavy atom. The van der Waals surface area contributed by atoms with Gasteiger partial charge in [0.05, 0.1) is 5.69 Å². The predicted molar refractivity (Wildman–Crippen MR) is 96.4 cm³/mol. The van der Waals surface area contributed by atoms with Gasteiger partial charge in [-0.2, -0.15) is 0 Å². The molecule has 6 heteroatoms. The summed E-state index contributed by atoms with van der Waals surface area (Å²) in [4.78, 5) is 8.88. The van der Waals surface area contributed by atoms with Crippen LogP contribution in [-0.2, 0) is 13.0 Å². The van der Waals surface area contributed by atoms with Gasteiger partial charge in [0.2, 0.25) is 0 Å². The molecule has 1 fully saturated rings.